The minimum Gasteiger partial charge on any atom is -0.356 e. The van der Waals surface area contributed by atoms with Crippen molar-refractivity contribution in [2.24, 2.45) is 4.99 Å². The highest BCUT2D eigenvalue weighted by Gasteiger charge is 2.25. The number of hydrogen-bond acceptors (Lipinski definition) is 3. The zero-order valence-electron chi connectivity index (χ0n) is 15.1. The van der Waals surface area contributed by atoms with Gasteiger partial charge in [-0.3, -0.25) is 4.99 Å². The molecule has 1 aliphatic heterocycles. The summed E-state index contributed by atoms with van der Waals surface area (Å²) >= 11 is 6.22. The van der Waals surface area contributed by atoms with Crippen LogP contribution in [-0.4, -0.2) is 43.7 Å². The summed E-state index contributed by atoms with van der Waals surface area (Å²) < 4.78 is 26.9. The van der Waals surface area contributed by atoms with E-state index in [9.17, 15) is 8.78 Å². The minimum atomic E-state index is -0.437. The van der Waals surface area contributed by atoms with E-state index in [1.54, 1.807) is 13.2 Å². The molecule has 1 aliphatic rings. The Labute approximate surface area is 162 Å². The first-order chi connectivity index (χ1) is 13.1. The molecule has 0 bridgehead atoms. The van der Waals surface area contributed by atoms with Gasteiger partial charge in [0.15, 0.2) is 5.96 Å². The van der Waals surface area contributed by atoms with Crippen molar-refractivity contribution in [3.05, 3.63) is 58.7 Å². The van der Waals surface area contributed by atoms with Crippen LogP contribution < -0.4 is 15.5 Å². The Morgan fingerprint density at radius 3 is 3.00 bits per heavy atom. The standard InChI is InChI=1S/C19H22ClF2N5/c1-23-19(25-9-6-13-11-14(21)4-5-17(13)22)26-15-7-10-27(12-15)18-16(20)3-2-8-24-18/h2-5,8,11,15H,6-7,9-10,12H2,1H3,(H2,23,25,26). The fourth-order valence-corrected chi connectivity index (χ4v) is 3.36. The summed E-state index contributed by atoms with van der Waals surface area (Å²) in [5, 5.41) is 7.14. The fraction of sp³-hybridized carbons (Fsp3) is 0.368. The number of guanidine groups is 1. The van der Waals surface area contributed by atoms with Crippen LogP contribution in [0, 0.1) is 11.6 Å². The Morgan fingerprint density at radius 2 is 2.22 bits per heavy atom. The molecule has 2 heterocycles. The van der Waals surface area contributed by atoms with Gasteiger partial charge in [-0.05, 0) is 48.7 Å². The summed E-state index contributed by atoms with van der Waals surface area (Å²) in [6.45, 7) is 2.05. The van der Waals surface area contributed by atoms with Crippen molar-refractivity contribution >= 4 is 23.4 Å². The van der Waals surface area contributed by atoms with Crippen LogP contribution in [0.3, 0.4) is 0 Å². The van der Waals surface area contributed by atoms with Crippen LogP contribution in [0.25, 0.3) is 0 Å². The highest BCUT2D eigenvalue weighted by atomic mass is 35.5. The third-order valence-corrected chi connectivity index (χ3v) is 4.78. The first-order valence-corrected chi connectivity index (χ1v) is 9.21. The van der Waals surface area contributed by atoms with E-state index >= 15 is 0 Å². The van der Waals surface area contributed by atoms with Gasteiger partial charge >= 0.3 is 0 Å². The number of aromatic nitrogens is 1. The molecular weight excluding hydrogens is 372 g/mol. The molecule has 1 aromatic heterocycles. The Kier molecular flexibility index (Phi) is 6.45. The molecule has 3 rings (SSSR count). The van der Waals surface area contributed by atoms with E-state index in [4.69, 9.17) is 11.6 Å². The van der Waals surface area contributed by atoms with Crippen LogP contribution in [0.5, 0.6) is 0 Å². The topological polar surface area (TPSA) is 52.6 Å². The largest absolute Gasteiger partial charge is 0.356 e. The smallest absolute Gasteiger partial charge is 0.191 e. The zero-order valence-corrected chi connectivity index (χ0v) is 15.8. The van der Waals surface area contributed by atoms with E-state index in [1.807, 2.05) is 12.1 Å². The SMILES string of the molecule is CN=C(NCCc1cc(F)ccc1F)NC1CCN(c2ncccc2Cl)C1. The monoisotopic (exact) mass is 393 g/mol. The van der Waals surface area contributed by atoms with Crippen molar-refractivity contribution in [1.29, 1.82) is 0 Å². The maximum Gasteiger partial charge on any atom is 0.191 e. The number of pyridine rings is 1. The van der Waals surface area contributed by atoms with E-state index in [-0.39, 0.29) is 6.04 Å². The van der Waals surface area contributed by atoms with E-state index in [2.05, 4.69) is 25.5 Å². The first kappa shape index (κ1) is 19.4. The maximum atomic E-state index is 13.7. The Bertz CT molecular complexity index is 814. The number of rotatable bonds is 5. The van der Waals surface area contributed by atoms with Crippen LogP contribution in [0.1, 0.15) is 12.0 Å². The Morgan fingerprint density at radius 1 is 1.37 bits per heavy atom. The summed E-state index contributed by atoms with van der Waals surface area (Å²) in [6, 6.07) is 7.32. The van der Waals surface area contributed by atoms with Gasteiger partial charge in [-0.15, -0.1) is 0 Å². The number of nitrogens with one attached hydrogen (secondary N) is 2. The van der Waals surface area contributed by atoms with Crippen LogP contribution in [0.4, 0.5) is 14.6 Å². The average molecular weight is 394 g/mol. The average Bonchev–Trinajstić information content (AvgIpc) is 3.12. The lowest BCUT2D eigenvalue weighted by Crippen LogP contribution is -2.45. The summed E-state index contributed by atoms with van der Waals surface area (Å²) in [7, 11) is 1.68. The van der Waals surface area contributed by atoms with Gasteiger partial charge in [-0.1, -0.05) is 11.6 Å². The summed E-state index contributed by atoms with van der Waals surface area (Å²) in [5.41, 5.74) is 0.342. The summed E-state index contributed by atoms with van der Waals surface area (Å²) in [4.78, 5) is 10.7. The molecule has 0 amide bonds. The van der Waals surface area contributed by atoms with E-state index < -0.39 is 11.6 Å². The summed E-state index contributed by atoms with van der Waals surface area (Å²) in [5.74, 6) is 0.576. The van der Waals surface area contributed by atoms with Crippen LogP contribution in [-0.2, 0) is 6.42 Å². The fourth-order valence-electron chi connectivity index (χ4n) is 3.12. The molecule has 2 aromatic rings. The lowest BCUT2D eigenvalue weighted by molar-refractivity contribution is 0.582. The van der Waals surface area contributed by atoms with Gasteiger partial charge in [0.05, 0.1) is 5.02 Å². The van der Waals surface area contributed by atoms with Crippen LogP contribution in [0.2, 0.25) is 5.02 Å². The first-order valence-electron chi connectivity index (χ1n) is 8.83. The number of aliphatic imine (C=N–C) groups is 1. The Balaban J connectivity index is 1.49. The number of anilines is 1. The van der Waals surface area contributed by atoms with E-state index in [0.29, 0.717) is 29.5 Å². The molecule has 1 fully saturated rings. The molecule has 5 nitrogen and oxygen atoms in total. The zero-order chi connectivity index (χ0) is 19.2. The quantitative estimate of drug-likeness (QED) is 0.605. The van der Waals surface area contributed by atoms with Gasteiger partial charge in [0.25, 0.3) is 0 Å². The molecule has 1 aromatic carbocycles. The number of benzene rings is 1. The second kappa shape index (κ2) is 8.99. The van der Waals surface area contributed by atoms with Crippen LogP contribution >= 0.6 is 11.6 Å². The number of halogens is 3. The van der Waals surface area contributed by atoms with Gasteiger partial charge in [-0.2, -0.15) is 0 Å². The molecule has 1 atom stereocenters. The van der Waals surface area contributed by atoms with Gasteiger partial charge in [0, 0.05) is 38.9 Å². The molecule has 0 aliphatic carbocycles. The predicted molar refractivity (Wildman–Crippen MR) is 104 cm³/mol. The normalized spacial score (nSPS) is 17.3. The second-order valence-electron chi connectivity index (χ2n) is 6.37. The van der Waals surface area contributed by atoms with Gasteiger partial charge in [-0.25, -0.2) is 13.8 Å². The number of hydrogen-bond donors (Lipinski definition) is 2. The highest BCUT2D eigenvalue weighted by molar-refractivity contribution is 6.32. The highest BCUT2D eigenvalue weighted by Crippen LogP contribution is 2.25. The third kappa shape index (κ3) is 5.07. The van der Waals surface area contributed by atoms with Gasteiger partial charge in [0.1, 0.15) is 17.5 Å². The Hall–Kier alpha value is -2.41. The van der Waals surface area contributed by atoms with Gasteiger partial charge in [0.2, 0.25) is 0 Å². The van der Waals surface area contributed by atoms with E-state index in [1.165, 1.54) is 6.07 Å². The molecule has 0 radical (unpaired) electrons. The van der Waals surface area contributed by atoms with Crippen LogP contribution in [0.15, 0.2) is 41.5 Å². The second-order valence-corrected chi connectivity index (χ2v) is 6.78. The third-order valence-electron chi connectivity index (χ3n) is 4.49. The molecule has 2 N–H and O–H groups in total. The molecule has 0 spiro atoms. The summed E-state index contributed by atoms with van der Waals surface area (Å²) in [6.07, 6.45) is 3.02. The lowest BCUT2D eigenvalue weighted by Gasteiger charge is -2.20. The van der Waals surface area contributed by atoms with Crippen molar-refractivity contribution in [2.45, 2.75) is 18.9 Å². The molecule has 0 saturated carbocycles. The molecular formula is C19H22ClF2N5. The molecule has 1 unspecified atom stereocenters. The molecule has 144 valence electrons. The van der Waals surface area contributed by atoms with E-state index in [0.717, 1.165) is 37.5 Å². The minimum absolute atomic E-state index is 0.195. The van der Waals surface area contributed by atoms with Crippen molar-refractivity contribution in [3.63, 3.8) is 0 Å². The number of nitrogens with zero attached hydrogens (tertiary/aromatic N) is 3. The molecule has 8 heteroatoms. The maximum absolute atomic E-state index is 13.7. The van der Waals surface area contributed by atoms with Crippen molar-refractivity contribution in [2.75, 3.05) is 31.6 Å². The van der Waals surface area contributed by atoms with Crippen molar-refractivity contribution < 1.29 is 8.78 Å². The van der Waals surface area contributed by atoms with Crippen molar-refractivity contribution in [3.8, 4) is 0 Å². The molecule has 27 heavy (non-hydrogen) atoms. The predicted octanol–water partition coefficient (Wildman–Crippen LogP) is 3.00. The lowest BCUT2D eigenvalue weighted by atomic mass is 10.1. The van der Waals surface area contributed by atoms with Gasteiger partial charge < -0.3 is 15.5 Å². The van der Waals surface area contributed by atoms with Crippen molar-refractivity contribution in [1.82, 2.24) is 15.6 Å². The molecule has 1 saturated heterocycles.